The second-order valence-corrected chi connectivity index (χ2v) is 15.3. The van der Waals surface area contributed by atoms with E-state index in [-0.39, 0.29) is 18.2 Å². The van der Waals surface area contributed by atoms with Crippen molar-refractivity contribution in [2.75, 3.05) is 13.4 Å². The van der Waals surface area contributed by atoms with Crippen LogP contribution in [0.4, 0.5) is 0 Å². The summed E-state index contributed by atoms with van der Waals surface area (Å²) in [6, 6.07) is 46.8. The van der Waals surface area contributed by atoms with E-state index in [4.69, 9.17) is 14.2 Å². The van der Waals surface area contributed by atoms with Crippen LogP contribution in [0, 0.1) is 0 Å². The summed E-state index contributed by atoms with van der Waals surface area (Å²) in [6.07, 6.45) is 2.91. The van der Waals surface area contributed by atoms with Crippen molar-refractivity contribution in [3.8, 4) is 11.5 Å². The molecule has 45 heavy (non-hydrogen) atoms. The van der Waals surface area contributed by atoms with Gasteiger partial charge in [-0.2, -0.15) is 0 Å². The first-order valence-electron chi connectivity index (χ1n) is 15.2. The zero-order valence-corrected chi connectivity index (χ0v) is 26.8. The van der Waals surface area contributed by atoms with Gasteiger partial charge in [0.2, 0.25) is 6.79 Å². The van der Waals surface area contributed by atoms with Crippen LogP contribution in [0.25, 0.3) is 5.57 Å². The highest BCUT2D eigenvalue weighted by molar-refractivity contribution is 7.80. The number of benzene rings is 5. The van der Waals surface area contributed by atoms with E-state index < -0.39 is 15.8 Å². The van der Waals surface area contributed by atoms with E-state index in [0.29, 0.717) is 18.1 Å². The third-order valence-electron chi connectivity index (χ3n) is 8.08. The zero-order valence-electron chi connectivity index (χ0n) is 25.0. The van der Waals surface area contributed by atoms with E-state index in [1.807, 2.05) is 25.1 Å². The highest BCUT2D eigenvalue weighted by Crippen LogP contribution is 2.55. The lowest BCUT2D eigenvalue weighted by atomic mass is 9.93. The Hall–Kier alpha value is -4.36. The maximum absolute atomic E-state index is 12.3. The molecular weight excluding hydrogens is 594 g/mol. The molecular formula is C39H34O4P2. The van der Waals surface area contributed by atoms with Crippen molar-refractivity contribution in [1.29, 1.82) is 0 Å². The maximum atomic E-state index is 12.3. The molecule has 0 bridgehead atoms. The van der Waals surface area contributed by atoms with E-state index in [1.165, 1.54) is 21.2 Å². The summed E-state index contributed by atoms with van der Waals surface area (Å²) in [5, 5.41) is 18.3. The quantitative estimate of drug-likeness (QED) is 0.178. The Morgan fingerprint density at radius 3 is 1.76 bits per heavy atom. The minimum Gasteiger partial charge on any atom is -0.504 e. The fraction of sp³-hybridized carbons (Fsp3) is 0.128. The fourth-order valence-corrected chi connectivity index (χ4v) is 11.5. The molecule has 224 valence electrons. The van der Waals surface area contributed by atoms with Gasteiger partial charge < -0.3 is 19.3 Å². The van der Waals surface area contributed by atoms with Crippen LogP contribution in [0.5, 0.6) is 11.5 Å². The van der Waals surface area contributed by atoms with Crippen molar-refractivity contribution in [1.82, 2.24) is 0 Å². The molecule has 1 fully saturated rings. The average Bonchev–Trinajstić information content (AvgIpc) is 3.58. The van der Waals surface area contributed by atoms with Gasteiger partial charge in [-0.05, 0) is 73.9 Å². The molecule has 1 aliphatic heterocycles. The normalized spacial score (nSPS) is 15.8. The van der Waals surface area contributed by atoms with Crippen LogP contribution in [-0.2, 0) is 9.47 Å². The van der Waals surface area contributed by atoms with Crippen molar-refractivity contribution >= 4 is 47.9 Å². The van der Waals surface area contributed by atoms with Crippen molar-refractivity contribution in [2.24, 2.45) is 0 Å². The number of rotatable bonds is 9. The number of phenolic OH excluding ortho intramolecular Hbond substituents is 1. The summed E-state index contributed by atoms with van der Waals surface area (Å²) in [7, 11) is -1.96. The smallest absolute Gasteiger partial charge is 0.231 e. The molecule has 5 aromatic carbocycles. The lowest BCUT2D eigenvalue weighted by Crippen LogP contribution is -2.29. The molecule has 0 spiro atoms. The zero-order chi connectivity index (χ0) is 30.6. The second kappa shape index (κ2) is 13.3. The first-order valence-corrected chi connectivity index (χ1v) is 18.0. The summed E-state index contributed by atoms with van der Waals surface area (Å²) in [6.45, 7) is 2.54. The Morgan fingerprint density at radius 2 is 1.22 bits per heavy atom. The van der Waals surface area contributed by atoms with Crippen molar-refractivity contribution in [2.45, 2.75) is 19.0 Å². The number of phenols is 1. The van der Waals surface area contributed by atoms with E-state index in [2.05, 4.69) is 121 Å². The van der Waals surface area contributed by atoms with E-state index in [1.54, 1.807) is 0 Å². The molecule has 0 radical (unpaired) electrons. The van der Waals surface area contributed by atoms with Gasteiger partial charge in [-0.25, -0.2) is 0 Å². The molecule has 4 nitrogen and oxygen atoms in total. The largest absolute Gasteiger partial charge is 0.504 e. The Balaban J connectivity index is 1.53. The summed E-state index contributed by atoms with van der Waals surface area (Å²) < 4.78 is 18.4. The fourth-order valence-electron chi connectivity index (χ4n) is 6.21. The van der Waals surface area contributed by atoms with Crippen LogP contribution in [0.1, 0.15) is 18.9 Å². The van der Waals surface area contributed by atoms with Crippen LogP contribution < -0.4 is 31.3 Å². The molecule has 2 aliphatic rings. The van der Waals surface area contributed by atoms with Gasteiger partial charge >= 0.3 is 0 Å². The molecule has 0 aromatic heterocycles. The van der Waals surface area contributed by atoms with Gasteiger partial charge in [0.1, 0.15) is 0 Å². The third-order valence-corrected chi connectivity index (χ3v) is 13.4. The summed E-state index contributed by atoms with van der Waals surface area (Å²) in [4.78, 5) is 0. The molecule has 0 unspecified atom stereocenters. The predicted octanol–water partition coefficient (Wildman–Crippen LogP) is 7.05. The molecule has 5 aromatic rings. The predicted molar refractivity (Wildman–Crippen MR) is 187 cm³/mol. The molecule has 6 heteroatoms. The van der Waals surface area contributed by atoms with Gasteiger partial charge in [-0.3, -0.25) is 0 Å². The number of ether oxygens (including phenoxy) is 3. The topological polar surface area (TPSA) is 47.9 Å². The minimum absolute atomic E-state index is 0.00942. The highest BCUT2D eigenvalue weighted by Gasteiger charge is 2.40. The average molecular weight is 629 g/mol. The van der Waals surface area contributed by atoms with Crippen LogP contribution in [-0.4, -0.2) is 24.2 Å². The SMILES string of the molecule is CCOc1ccc(P(c2ccccc2)c2ccccc2)c(C2=C3OCOC3=CC[C@@H]2P(c2ccccc2)c2ccccc2)c1O. The Labute approximate surface area is 267 Å². The molecule has 1 heterocycles. The number of hydrogen-bond donors (Lipinski definition) is 1. The third kappa shape index (κ3) is 5.77. The molecule has 1 saturated heterocycles. The van der Waals surface area contributed by atoms with E-state index >= 15 is 0 Å². The minimum atomic E-state index is -1.05. The number of aromatic hydroxyl groups is 1. The van der Waals surface area contributed by atoms with Crippen LogP contribution in [0.15, 0.2) is 151 Å². The molecule has 0 amide bonds. The maximum Gasteiger partial charge on any atom is 0.231 e. The summed E-state index contributed by atoms with van der Waals surface area (Å²) >= 11 is 0. The standard InChI is InChI=1S/C39H34O4P2/c1-2-41-32-23-25-34(44(28-15-7-3-8-16-28)29-17-9-4-10-18-29)36(38(32)40)37-35(26-24-33-39(37)43-27-42-33)45(30-19-11-5-12-20-30)31-21-13-6-14-22-31/h3-25,35,40H,2,26-27H2,1H3/t35-/m0/s1. The van der Waals surface area contributed by atoms with E-state index in [0.717, 1.165) is 28.6 Å². The van der Waals surface area contributed by atoms with Crippen LogP contribution in [0.2, 0.25) is 0 Å². The van der Waals surface area contributed by atoms with Gasteiger partial charge in [0.05, 0.1) is 6.61 Å². The summed E-state index contributed by atoms with van der Waals surface area (Å²) in [5.74, 6) is 2.08. The van der Waals surface area contributed by atoms with Gasteiger partial charge in [0.25, 0.3) is 0 Å². The highest BCUT2D eigenvalue weighted by atomic mass is 31.1. The molecule has 1 N–H and O–H groups in total. The van der Waals surface area contributed by atoms with Crippen LogP contribution >= 0.6 is 15.8 Å². The second-order valence-electron chi connectivity index (χ2n) is 10.8. The van der Waals surface area contributed by atoms with Crippen LogP contribution in [0.3, 0.4) is 0 Å². The van der Waals surface area contributed by atoms with Crippen molar-refractivity contribution in [3.05, 3.63) is 157 Å². The number of allylic oxidation sites excluding steroid dienone is 2. The molecule has 1 atom stereocenters. The molecule has 7 rings (SSSR count). The lowest BCUT2D eigenvalue weighted by Gasteiger charge is -2.35. The van der Waals surface area contributed by atoms with Gasteiger partial charge in [-0.15, -0.1) is 0 Å². The lowest BCUT2D eigenvalue weighted by molar-refractivity contribution is 0.0981. The Morgan fingerprint density at radius 1 is 0.689 bits per heavy atom. The van der Waals surface area contributed by atoms with Gasteiger partial charge in [0, 0.05) is 16.8 Å². The van der Waals surface area contributed by atoms with Gasteiger partial charge in [0.15, 0.2) is 23.0 Å². The number of fused-ring (bicyclic) bond motifs is 1. The summed E-state index contributed by atoms with van der Waals surface area (Å²) in [5.41, 5.74) is 1.78. The Bertz CT molecular complexity index is 1740. The monoisotopic (exact) mass is 628 g/mol. The first kappa shape index (κ1) is 29.4. The Kier molecular flexibility index (Phi) is 8.69. The van der Waals surface area contributed by atoms with Gasteiger partial charge in [-0.1, -0.05) is 121 Å². The first-order chi connectivity index (χ1) is 22.2. The number of hydrogen-bond acceptors (Lipinski definition) is 4. The van der Waals surface area contributed by atoms with Crippen molar-refractivity contribution < 1.29 is 19.3 Å². The van der Waals surface area contributed by atoms with E-state index in [9.17, 15) is 5.11 Å². The van der Waals surface area contributed by atoms with Crippen molar-refractivity contribution in [3.63, 3.8) is 0 Å². The molecule has 0 saturated carbocycles. The molecule has 1 aliphatic carbocycles.